The Morgan fingerprint density at radius 2 is 1.47 bits per heavy atom. The van der Waals surface area contributed by atoms with E-state index in [4.69, 9.17) is 9.16 Å². The van der Waals surface area contributed by atoms with Crippen LogP contribution in [0.2, 0.25) is 16.6 Å². The molecule has 2 atom stereocenters. The van der Waals surface area contributed by atoms with Crippen LogP contribution in [-0.2, 0) is 14.0 Å². The van der Waals surface area contributed by atoms with Crippen molar-refractivity contribution in [3.05, 3.63) is 22.3 Å². The van der Waals surface area contributed by atoms with Gasteiger partial charge in [0, 0.05) is 13.3 Å². The van der Waals surface area contributed by atoms with Gasteiger partial charge < -0.3 is 9.16 Å². The summed E-state index contributed by atoms with van der Waals surface area (Å²) in [5.74, 6) is -0.186. The fourth-order valence-corrected chi connectivity index (χ4v) is 11.9. The van der Waals surface area contributed by atoms with Gasteiger partial charge in [0.25, 0.3) is 0 Å². The Kier molecular flexibility index (Phi) is 7.89. The van der Waals surface area contributed by atoms with E-state index in [0.717, 1.165) is 25.7 Å². The highest BCUT2D eigenvalue weighted by Gasteiger charge is 2.50. The van der Waals surface area contributed by atoms with Gasteiger partial charge in [0.1, 0.15) is 6.10 Å². The molecule has 4 heteroatoms. The molecule has 0 bridgehead atoms. The van der Waals surface area contributed by atoms with Crippen LogP contribution < -0.4 is 0 Å². The average molecular weight is 435 g/mol. The molecular formula is C26H46O3Si. The van der Waals surface area contributed by atoms with Gasteiger partial charge in [-0.3, -0.25) is 4.79 Å². The summed E-state index contributed by atoms with van der Waals surface area (Å²) < 4.78 is 13.3. The van der Waals surface area contributed by atoms with E-state index >= 15 is 0 Å². The lowest BCUT2D eigenvalue weighted by Crippen LogP contribution is -2.53. The molecule has 0 aromatic heterocycles. The molecule has 0 spiro atoms. The summed E-state index contributed by atoms with van der Waals surface area (Å²) in [4.78, 5) is 12.0. The fourth-order valence-electron chi connectivity index (χ4n) is 6.17. The zero-order valence-corrected chi connectivity index (χ0v) is 22.4. The summed E-state index contributed by atoms with van der Waals surface area (Å²) in [6, 6.07) is 0. The summed E-state index contributed by atoms with van der Waals surface area (Å²) in [5, 5.41) is 0. The van der Waals surface area contributed by atoms with E-state index in [-0.39, 0.29) is 23.6 Å². The molecule has 0 heterocycles. The highest BCUT2D eigenvalue weighted by Crippen LogP contribution is 2.50. The molecule has 0 saturated carbocycles. The van der Waals surface area contributed by atoms with Crippen LogP contribution in [-0.4, -0.2) is 26.5 Å². The second-order valence-electron chi connectivity index (χ2n) is 11.5. The molecule has 0 aliphatic heterocycles. The van der Waals surface area contributed by atoms with Crippen molar-refractivity contribution in [2.75, 3.05) is 0 Å². The molecule has 0 aromatic rings. The Hall–Kier alpha value is -0.873. The van der Waals surface area contributed by atoms with Crippen LogP contribution in [0.4, 0.5) is 0 Å². The third-order valence-electron chi connectivity index (χ3n) is 7.84. The summed E-state index contributed by atoms with van der Waals surface area (Å²) in [5.41, 5.74) is 7.36. The number of carbonyl (C=O) groups is 1. The monoisotopic (exact) mass is 434 g/mol. The molecule has 2 aliphatic carbocycles. The molecule has 0 saturated heterocycles. The van der Waals surface area contributed by atoms with Crippen LogP contribution in [0.1, 0.15) is 102 Å². The maximum atomic E-state index is 12.0. The van der Waals surface area contributed by atoms with Gasteiger partial charge in [0.2, 0.25) is 8.32 Å². The lowest BCUT2D eigenvalue weighted by Gasteiger charge is -2.48. The highest BCUT2D eigenvalue weighted by atomic mass is 28.4. The Morgan fingerprint density at radius 3 is 1.93 bits per heavy atom. The Labute approximate surface area is 186 Å². The van der Waals surface area contributed by atoms with Gasteiger partial charge in [-0.25, -0.2) is 0 Å². The smallest absolute Gasteiger partial charge is 0.303 e. The van der Waals surface area contributed by atoms with Gasteiger partial charge >= 0.3 is 5.97 Å². The predicted molar refractivity (Wildman–Crippen MR) is 129 cm³/mol. The molecule has 172 valence electrons. The number of rotatable bonds is 6. The average Bonchev–Trinajstić information content (AvgIpc) is 2.67. The largest absolute Gasteiger partial charge is 0.458 e. The first-order valence-corrected chi connectivity index (χ1v) is 14.1. The standard InChI is InChI=1S/C26H46O3Si/c1-16(2)30(17(3)4,18(5)6)29-25-14-24(28-21(9)27)23-13-20(8)19(7)12-22(23)15-26(25,10)11/h16-18,24-25H,12-15H2,1-11H3/t24-,25+/m1/s1. The summed E-state index contributed by atoms with van der Waals surface area (Å²) in [7, 11) is -2.04. The Balaban J connectivity index is 2.49. The van der Waals surface area contributed by atoms with E-state index in [1.807, 2.05) is 0 Å². The third-order valence-corrected chi connectivity index (χ3v) is 13.9. The van der Waals surface area contributed by atoms with E-state index in [2.05, 4.69) is 69.2 Å². The van der Waals surface area contributed by atoms with Crippen LogP contribution in [0, 0.1) is 5.41 Å². The molecule has 2 rings (SSSR count). The molecule has 0 fully saturated rings. The van der Waals surface area contributed by atoms with Crippen molar-refractivity contribution < 1.29 is 14.0 Å². The first-order valence-electron chi connectivity index (χ1n) is 11.9. The van der Waals surface area contributed by atoms with Crippen molar-refractivity contribution >= 4 is 14.3 Å². The van der Waals surface area contributed by atoms with E-state index in [1.165, 1.54) is 29.2 Å². The molecule has 2 aliphatic rings. The number of carbonyl (C=O) groups excluding carboxylic acids is 1. The van der Waals surface area contributed by atoms with Gasteiger partial charge in [-0.2, -0.15) is 0 Å². The van der Waals surface area contributed by atoms with Crippen molar-refractivity contribution in [3.8, 4) is 0 Å². The van der Waals surface area contributed by atoms with Crippen LogP contribution in [0.25, 0.3) is 0 Å². The number of allylic oxidation sites excluding steroid dienone is 3. The highest BCUT2D eigenvalue weighted by molar-refractivity contribution is 6.77. The fraction of sp³-hybridized carbons (Fsp3) is 0.808. The summed E-state index contributed by atoms with van der Waals surface area (Å²) in [6.45, 7) is 24.8. The van der Waals surface area contributed by atoms with Crippen LogP contribution in [0.3, 0.4) is 0 Å². The minimum Gasteiger partial charge on any atom is -0.458 e. The van der Waals surface area contributed by atoms with E-state index in [9.17, 15) is 4.79 Å². The number of ether oxygens (including phenoxy) is 1. The maximum absolute atomic E-state index is 12.0. The number of esters is 1. The molecule has 0 aromatic carbocycles. The van der Waals surface area contributed by atoms with E-state index in [1.54, 1.807) is 0 Å². The van der Waals surface area contributed by atoms with Crippen molar-refractivity contribution in [1.29, 1.82) is 0 Å². The Morgan fingerprint density at radius 1 is 0.967 bits per heavy atom. The molecule has 0 unspecified atom stereocenters. The third kappa shape index (κ3) is 4.96. The van der Waals surface area contributed by atoms with Gasteiger partial charge in [-0.1, -0.05) is 72.1 Å². The van der Waals surface area contributed by atoms with Gasteiger partial charge in [-0.15, -0.1) is 0 Å². The molecule has 30 heavy (non-hydrogen) atoms. The lowest BCUT2D eigenvalue weighted by atomic mass is 9.78. The topological polar surface area (TPSA) is 35.5 Å². The van der Waals surface area contributed by atoms with E-state index in [0.29, 0.717) is 16.6 Å². The summed E-state index contributed by atoms with van der Waals surface area (Å²) >= 11 is 0. The molecule has 0 radical (unpaired) electrons. The minimum atomic E-state index is -2.04. The lowest BCUT2D eigenvalue weighted by molar-refractivity contribution is -0.146. The normalized spacial score (nSPS) is 25.1. The second kappa shape index (κ2) is 9.32. The zero-order valence-electron chi connectivity index (χ0n) is 21.4. The first kappa shape index (κ1) is 25.4. The molecule has 0 amide bonds. The molecule has 3 nitrogen and oxygen atoms in total. The van der Waals surface area contributed by atoms with Gasteiger partial charge in [0.15, 0.2) is 0 Å². The number of hydrogen-bond donors (Lipinski definition) is 0. The van der Waals surface area contributed by atoms with Crippen LogP contribution in [0.5, 0.6) is 0 Å². The van der Waals surface area contributed by atoms with Gasteiger partial charge in [-0.05, 0) is 60.7 Å². The maximum Gasteiger partial charge on any atom is 0.303 e. The van der Waals surface area contributed by atoms with Crippen molar-refractivity contribution in [1.82, 2.24) is 0 Å². The second-order valence-corrected chi connectivity index (χ2v) is 16.9. The molecule has 0 N–H and O–H groups in total. The van der Waals surface area contributed by atoms with Crippen LogP contribution in [0.15, 0.2) is 22.3 Å². The van der Waals surface area contributed by atoms with Crippen molar-refractivity contribution in [2.24, 2.45) is 5.41 Å². The van der Waals surface area contributed by atoms with Crippen molar-refractivity contribution in [2.45, 2.75) is 131 Å². The minimum absolute atomic E-state index is 0.0118. The zero-order chi connectivity index (χ0) is 23.0. The Bertz CT molecular complexity index is 690. The van der Waals surface area contributed by atoms with E-state index < -0.39 is 8.32 Å². The van der Waals surface area contributed by atoms with Crippen molar-refractivity contribution in [3.63, 3.8) is 0 Å². The SMILES string of the molecule is CC(=O)O[C@@H]1C[C@H](O[Si](C(C)C)(C(C)C)C(C)C)C(C)(C)CC2=C1CC(C)=C(C)C2. The van der Waals surface area contributed by atoms with Crippen LogP contribution >= 0.6 is 0 Å². The quantitative estimate of drug-likeness (QED) is 0.244. The predicted octanol–water partition coefficient (Wildman–Crippen LogP) is 7.73. The summed E-state index contributed by atoms with van der Waals surface area (Å²) in [6.07, 6.45) is 3.67. The first-order chi connectivity index (χ1) is 13.7. The number of hydrogen-bond acceptors (Lipinski definition) is 3. The molecular weight excluding hydrogens is 388 g/mol. The van der Waals surface area contributed by atoms with Gasteiger partial charge in [0.05, 0.1) is 6.10 Å².